The van der Waals surface area contributed by atoms with Crippen molar-refractivity contribution in [2.75, 3.05) is 0 Å². The van der Waals surface area contributed by atoms with Gasteiger partial charge in [0.1, 0.15) is 34.5 Å². The first-order valence-electron chi connectivity index (χ1n) is 10.2. The topological polar surface area (TPSA) is 98.5 Å². The minimum Gasteiger partial charge on any atom is -0.449 e. The number of ether oxygens (including phenoxy) is 2. The average Bonchev–Trinajstić information content (AvgIpc) is 3.14. The third-order valence-corrected chi connectivity index (χ3v) is 6.16. The van der Waals surface area contributed by atoms with E-state index >= 15 is 0 Å². The molecule has 1 aliphatic rings. The van der Waals surface area contributed by atoms with Crippen LogP contribution in [-0.4, -0.2) is 5.97 Å². The number of fused-ring (bicyclic) bond motifs is 2. The molecule has 2 heterocycles. The third kappa shape index (κ3) is 3.70. The van der Waals surface area contributed by atoms with Gasteiger partial charge in [0.2, 0.25) is 11.6 Å². The van der Waals surface area contributed by atoms with Gasteiger partial charge in [0.15, 0.2) is 0 Å². The van der Waals surface area contributed by atoms with Gasteiger partial charge < -0.3 is 19.6 Å². The third-order valence-electron chi connectivity index (χ3n) is 5.67. The van der Waals surface area contributed by atoms with Gasteiger partial charge >= 0.3 is 5.97 Å². The molecule has 0 radical (unpaired) electrons. The van der Waals surface area contributed by atoms with Gasteiger partial charge in [0, 0.05) is 27.1 Å². The Hall–Kier alpha value is -4.09. The first-order valence-corrected chi connectivity index (χ1v) is 11.0. The van der Waals surface area contributed by atoms with Gasteiger partial charge in [-0.15, -0.1) is 0 Å². The predicted octanol–water partition coefficient (Wildman–Crippen LogP) is 6.08. The molecule has 1 aliphatic heterocycles. The lowest BCUT2D eigenvalue weighted by atomic mass is 9.83. The molecular weight excluding hydrogens is 503 g/mol. The molecule has 6 nitrogen and oxygen atoms in total. The van der Waals surface area contributed by atoms with E-state index in [0.29, 0.717) is 33.4 Å². The Balaban J connectivity index is 1.50. The monoisotopic (exact) mass is 518 g/mol. The average molecular weight is 519 g/mol. The first kappa shape index (κ1) is 21.7. The Kier molecular flexibility index (Phi) is 5.34. The highest BCUT2D eigenvalue weighted by molar-refractivity contribution is 9.10. The van der Waals surface area contributed by atoms with Gasteiger partial charge in [0.25, 0.3) is 0 Å². The van der Waals surface area contributed by atoms with Crippen molar-refractivity contribution in [2.24, 2.45) is 5.73 Å². The molecule has 0 saturated carbocycles. The summed E-state index contributed by atoms with van der Waals surface area (Å²) in [5, 5.41) is 10.2. The maximum Gasteiger partial charge on any atom is 0.379 e. The molecule has 34 heavy (non-hydrogen) atoms. The molecule has 0 spiro atoms. The quantitative estimate of drug-likeness (QED) is 0.260. The number of carbonyl (C=O) groups is 1. The van der Waals surface area contributed by atoms with E-state index < -0.39 is 17.7 Å². The molecule has 1 atom stereocenters. The van der Waals surface area contributed by atoms with E-state index in [9.17, 15) is 14.4 Å². The van der Waals surface area contributed by atoms with Crippen LogP contribution >= 0.6 is 15.9 Å². The van der Waals surface area contributed by atoms with E-state index in [1.54, 1.807) is 19.1 Å². The number of halogens is 2. The Morgan fingerprint density at radius 2 is 2.00 bits per heavy atom. The molecule has 4 aromatic rings. The summed E-state index contributed by atoms with van der Waals surface area (Å²) in [6.45, 7) is 1.66. The van der Waals surface area contributed by atoms with Crippen molar-refractivity contribution >= 4 is 32.9 Å². The van der Waals surface area contributed by atoms with Crippen LogP contribution in [0.4, 0.5) is 4.39 Å². The maximum absolute atomic E-state index is 13.6. The lowest BCUT2D eigenvalue weighted by Crippen LogP contribution is -2.21. The van der Waals surface area contributed by atoms with Crippen LogP contribution in [0.3, 0.4) is 0 Å². The van der Waals surface area contributed by atoms with Crippen LogP contribution in [0.2, 0.25) is 0 Å². The summed E-state index contributed by atoms with van der Waals surface area (Å²) in [5.41, 5.74) is 8.78. The first-order chi connectivity index (χ1) is 16.4. The van der Waals surface area contributed by atoms with Crippen LogP contribution < -0.4 is 15.2 Å². The van der Waals surface area contributed by atoms with Crippen LogP contribution in [0.5, 0.6) is 11.5 Å². The van der Waals surface area contributed by atoms with Crippen molar-refractivity contribution in [2.45, 2.75) is 12.8 Å². The van der Waals surface area contributed by atoms with Crippen molar-refractivity contribution in [1.29, 1.82) is 5.26 Å². The number of nitriles is 1. The molecule has 0 saturated heterocycles. The molecule has 2 N–H and O–H groups in total. The number of hydrogen-bond acceptors (Lipinski definition) is 6. The second kappa shape index (κ2) is 8.36. The van der Waals surface area contributed by atoms with Crippen LogP contribution in [0.15, 0.2) is 81.0 Å². The van der Waals surface area contributed by atoms with Crippen molar-refractivity contribution < 1.29 is 23.1 Å². The number of furan rings is 1. The van der Waals surface area contributed by atoms with Gasteiger partial charge in [-0.3, -0.25) is 0 Å². The number of nitrogens with two attached hydrogens (primary N) is 1. The van der Waals surface area contributed by atoms with Crippen molar-refractivity contribution in [1.82, 2.24) is 0 Å². The Morgan fingerprint density at radius 3 is 2.76 bits per heavy atom. The summed E-state index contributed by atoms with van der Waals surface area (Å²) in [5.74, 6) is -1.05. The van der Waals surface area contributed by atoms with E-state index in [4.69, 9.17) is 19.6 Å². The van der Waals surface area contributed by atoms with Crippen molar-refractivity contribution in [3.63, 3.8) is 0 Å². The fourth-order valence-electron chi connectivity index (χ4n) is 4.07. The molecule has 1 aromatic heterocycles. The van der Waals surface area contributed by atoms with E-state index in [1.165, 1.54) is 24.3 Å². The number of aryl methyl sites for hydroxylation is 1. The highest BCUT2D eigenvalue weighted by Crippen LogP contribution is 2.44. The molecular formula is C26H16BrFN2O4. The minimum absolute atomic E-state index is 0.0152. The minimum atomic E-state index is -0.727. The molecule has 8 heteroatoms. The predicted molar refractivity (Wildman–Crippen MR) is 126 cm³/mol. The van der Waals surface area contributed by atoms with Crippen LogP contribution in [0.1, 0.15) is 33.2 Å². The van der Waals surface area contributed by atoms with Crippen molar-refractivity contribution in [3.8, 4) is 17.6 Å². The highest BCUT2D eigenvalue weighted by atomic mass is 79.9. The molecule has 5 rings (SSSR count). The normalized spacial score (nSPS) is 14.9. The summed E-state index contributed by atoms with van der Waals surface area (Å²) in [7, 11) is 0. The SMILES string of the molecule is Cc1c(C(=O)Oc2ccc3c(c2)OC(N)=C(C#N)C3c2cccc(Br)c2)oc2ccc(F)cc12. The Morgan fingerprint density at radius 1 is 1.18 bits per heavy atom. The molecule has 0 bridgehead atoms. The van der Waals surface area contributed by atoms with E-state index in [-0.39, 0.29) is 17.4 Å². The zero-order chi connectivity index (χ0) is 24.0. The van der Waals surface area contributed by atoms with Crippen LogP contribution in [-0.2, 0) is 0 Å². The van der Waals surface area contributed by atoms with Gasteiger partial charge in [-0.25, -0.2) is 9.18 Å². The van der Waals surface area contributed by atoms with Gasteiger partial charge in [-0.05, 0) is 48.9 Å². The zero-order valence-electron chi connectivity index (χ0n) is 17.8. The van der Waals surface area contributed by atoms with E-state index in [0.717, 1.165) is 10.0 Å². The molecule has 3 aromatic carbocycles. The fraction of sp³-hybridized carbons (Fsp3) is 0.0769. The number of esters is 1. The molecule has 0 amide bonds. The lowest BCUT2D eigenvalue weighted by molar-refractivity contribution is 0.0702. The maximum atomic E-state index is 13.6. The summed E-state index contributed by atoms with van der Waals surface area (Å²) in [6.07, 6.45) is 0. The number of benzene rings is 3. The second-order valence-corrected chi connectivity index (χ2v) is 8.68. The van der Waals surface area contributed by atoms with E-state index in [1.807, 2.05) is 24.3 Å². The number of carbonyl (C=O) groups excluding carboxylic acids is 1. The summed E-state index contributed by atoms with van der Waals surface area (Å²) < 4.78 is 31.3. The molecule has 0 aliphatic carbocycles. The molecule has 1 unspecified atom stereocenters. The van der Waals surface area contributed by atoms with Crippen LogP contribution in [0.25, 0.3) is 11.0 Å². The fourth-order valence-corrected chi connectivity index (χ4v) is 4.49. The smallest absolute Gasteiger partial charge is 0.379 e. The Bertz CT molecular complexity index is 1550. The Labute approximate surface area is 202 Å². The van der Waals surface area contributed by atoms with Gasteiger partial charge in [-0.2, -0.15) is 5.26 Å². The molecule has 168 valence electrons. The number of allylic oxidation sites excluding steroid dienone is 1. The highest BCUT2D eigenvalue weighted by Gasteiger charge is 2.31. The van der Waals surface area contributed by atoms with Gasteiger partial charge in [0.05, 0.1) is 5.92 Å². The zero-order valence-corrected chi connectivity index (χ0v) is 19.4. The molecule has 0 fully saturated rings. The van der Waals surface area contributed by atoms with Gasteiger partial charge in [-0.1, -0.05) is 34.1 Å². The summed E-state index contributed by atoms with van der Waals surface area (Å²) in [6, 6.07) is 18.6. The summed E-state index contributed by atoms with van der Waals surface area (Å²) in [4.78, 5) is 12.8. The largest absolute Gasteiger partial charge is 0.449 e. The van der Waals surface area contributed by atoms with Crippen molar-refractivity contribution in [3.05, 3.63) is 105 Å². The number of hydrogen-bond donors (Lipinski definition) is 1. The van der Waals surface area contributed by atoms with E-state index in [2.05, 4.69) is 22.0 Å². The van der Waals surface area contributed by atoms with Crippen LogP contribution in [0, 0.1) is 24.1 Å². The second-order valence-electron chi connectivity index (χ2n) is 7.77. The number of nitrogens with zero attached hydrogens (tertiary/aromatic N) is 1. The summed E-state index contributed by atoms with van der Waals surface area (Å²) >= 11 is 3.46. The lowest BCUT2D eigenvalue weighted by Gasteiger charge is -2.26. The standard InChI is InChI=1S/C26H16BrFN2O4/c1-13-19-10-16(28)5-8-21(19)33-24(13)26(31)32-17-6-7-18-22(11-17)34-25(30)20(12-29)23(18)14-3-2-4-15(27)9-14/h2-11,23H,30H2,1H3. The number of rotatable bonds is 3.